The smallest absolute Gasteiger partial charge is 0.176 e. The van der Waals surface area contributed by atoms with Crippen LogP contribution in [-0.4, -0.2) is 33.0 Å². The van der Waals surface area contributed by atoms with Gasteiger partial charge in [-0.15, -0.1) is 0 Å². The fraction of sp³-hybridized carbons (Fsp3) is 0.500. The maximum atomic E-state index is 9.80. The van der Waals surface area contributed by atoms with Crippen molar-refractivity contribution in [1.82, 2.24) is 14.8 Å². The number of rotatable bonds is 5. The van der Waals surface area contributed by atoms with E-state index >= 15 is 0 Å². The van der Waals surface area contributed by atoms with Crippen LogP contribution in [0.3, 0.4) is 0 Å². The summed E-state index contributed by atoms with van der Waals surface area (Å²) in [5, 5.41) is 17.5. The molecule has 1 saturated carbocycles. The number of aliphatic hydroxyl groups is 1. The first kappa shape index (κ1) is 14.1. The molecule has 3 rings (SSSR count). The third-order valence-electron chi connectivity index (χ3n) is 4.41. The van der Waals surface area contributed by atoms with Gasteiger partial charge in [-0.3, -0.25) is 0 Å². The van der Waals surface area contributed by atoms with Crippen LogP contribution >= 0.6 is 0 Å². The molecule has 0 saturated heterocycles. The van der Waals surface area contributed by atoms with E-state index in [1.165, 1.54) is 19.3 Å². The molecule has 5 nitrogen and oxygen atoms in total. The summed E-state index contributed by atoms with van der Waals surface area (Å²) in [4.78, 5) is 4.41. The second-order valence-electron chi connectivity index (χ2n) is 5.90. The van der Waals surface area contributed by atoms with E-state index in [1.54, 1.807) is 17.1 Å². The molecule has 1 aliphatic carbocycles. The second kappa shape index (κ2) is 6.26. The summed E-state index contributed by atoms with van der Waals surface area (Å²) in [6.45, 7) is 1.03. The number of aromatic nitrogens is 3. The molecular weight excluding hydrogens is 264 g/mol. The van der Waals surface area contributed by atoms with Crippen LogP contribution in [0, 0.1) is 5.41 Å². The molecule has 0 aliphatic heterocycles. The Bertz CT molecular complexity index is 561. The predicted octanol–water partition coefficient (Wildman–Crippen LogP) is 2.62. The molecule has 0 unspecified atom stereocenters. The minimum Gasteiger partial charge on any atom is -0.396 e. The van der Waals surface area contributed by atoms with Gasteiger partial charge in [-0.25, -0.2) is 9.67 Å². The summed E-state index contributed by atoms with van der Waals surface area (Å²) in [7, 11) is 0. The Morgan fingerprint density at radius 1 is 1.19 bits per heavy atom. The van der Waals surface area contributed by atoms with Gasteiger partial charge in [0, 0.05) is 30.6 Å². The standard InChI is InChI=1S/C16H22N4O/c21-13-16(7-2-1-3-8-16)12-18-14-6-4-9-17-15(14)20-11-5-10-19-20/h4-6,9-11,18,21H,1-3,7-8,12-13H2. The van der Waals surface area contributed by atoms with Crippen molar-refractivity contribution >= 4 is 5.69 Å². The zero-order valence-corrected chi connectivity index (χ0v) is 12.2. The molecule has 0 radical (unpaired) electrons. The van der Waals surface area contributed by atoms with Gasteiger partial charge in [-0.2, -0.15) is 5.10 Å². The topological polar surface area (TPSA) is 63.0 Å². The molecule has 1 aliphatic rings. The van der Waals surface area contributed by atoms with Gasteiger partial charge >= 0.3 is 0 Å². The lowest BCUT2D eigenvalue weighted by atomic mass is 9.74. The Labute approximate surface area is 125 Å². The molecule has 0 atom stereocenters. The average molecular weight is 286 g/mol. The fourth-order valence-corrected chi connectivity index (χ4v) is 3.09. The molecule has 1 fully saturated rings. The van der Waals surface area contributed by atoms with Gasteiger partial charge < -0.3 is 10.4 Å². The maximum absolute atomic E-state index is 9.80. The van der Waals surface area contributed by atoms with Gasteiger partial charge in [-0.05, 0) is 31.0 Å². The number of nitrogens with one attached hydrogen (secondary N) is 1. The third kappa shape index (κ3) is 3.08. The number of anilines is 1. The van der Waals surface area contributed by atoms with Crippen LogP contribution in [0.4, 0.5) is 5.69 Å². The first-order valence-electron chi connectivity index (χ1n) is 7.63. The predicted molar refractivity (Wildman–Crippen MR) is 82.5 cm³/mol. The summed E-state index contributed by atoms with van der Waals surface area (Å²) in [6, 6.07) is 5.81. The first-order chi connectivity index (χ1) is 10.3. The summed E-state index contributed by atoms with van der Waals surface area (Å²) in [5.41, 5.74) is 0.967. The molecular formula is C16H22N4O. The van der Waals surface area contributed by atoms with Crippen molar-refractivity contribution in [2.75, 3.05) is 18.5 Å². The SMILES string of the molecule is OCC1(CNc2cccnc2-n2cccn2)CCCCC1. The quantitative estimate of drug-likeness (QED) is 0.887. The van der Waals surface area contributed by atoms with Crippen LogP contribution in [-0.2, 0) is 0 Å². The molecule has 0 bridgehead atoms. The van der Waals surface area contributed by atoms with Gasteiger partial charge in [0.05, 0.1) is 12.3 Å². The third-order valence-corrected chi connectivity index (χ3v) is 4.41. The van der Waals surface area contributed by atoms with E-state index in [2.05, 4.69) is 15.4 Å². The second-order valence-corrected chi connectivity index (χ2v) is 5.90. The molecule has 0 spiro atoms. The first-order valence-corrected chi connectivity index (χ1v) is 7.63. The van der Waals surface area contributed by atoms with Crippen LogP contribution in [0.1, 0.15) is 32.1 Å². The van der Waals surface area contributed by atoms with Crippen molar-refractivity contribution in [3.05, 3.63) is 36.8 Å². The summed E-state index contributed by atoms with van der Waals surface area (Å²) >= 11 is 0. The zero-order chi connectivity index (χ0) is 14.5. The van der Waals surface area contributed by atoms with Gasteiger partial charge in [0.25, 0.3) is 0 Å². The Kier molecular flexibility index (Phi) is 4.20. The van der Waals surface area contributed by atoms with E-state index in [0.717, 1.165) is 30.9 Å². The van der Waals surface area contributed by atoms with Crippen LogP contribution in [0.5, 0.6) is 0 Å². The van der Waals surface area contributed by atoms with Crippen LogP contribution < -0.4 is 5.32 Å². The number of nitrogens with zero attached hydrogens (tertiary/aromatic N) is 3. The highest BCUT2D eigenvalue weighted by molar-refractivity contribution is 5.56. The highest BCUT2D eigenvalue weighted by Gasteiger charge is 2.31. The molecule has 2 heterocycles. The Balaban J connectivity index is 1.76. The molecule has 2 aromatic rings. The molecule has 2 N–H and O–H groups in total. The number of hydrogen-bond donors (Lipinski definition) is 2. The van der Waals surface area contributed by atoms with E-state index in [1.807, 2.05) is 24.4 Å². The number of aliphatic hydroxyl groups excluding tert-OH is 1. The molecule has 5 heteroatoms. The van der Waals surface area contributed by atoms with Gasteiger partial charge in [0.15, 0.2) is 5.82 Å². The van der Waals surface area contributed by atoms with Crippen molar-refractivity contribution in [2.45, 2.75) is 32.1 Å². The molecule has 0 amide bonds. The largest absolute Gasteiger partial charge is 0.396 e. The lowest BCUT2D eigenvalue weighted by Crippen LogP contribution is -2.35. The molecule has 112 valence electrons. The Hall–Kier alpha value is -1.88. The van der Waals surface area contributed by atoms with Crippen LogP contribution in [0.2, 0.25) is 0 Å². The minimum atomic E-state index is 0.00940. The number of hydrogen-bond acceptors (Lipinski definition) is 4. The summed E-state index contributed by atoms with van der Waals surface area (Å²) < 4.78 is 1.76. The highest BCUT2D eigenvalue weighted by atomic mass is 16.3. The van der Waals surface area contributed by atoms with Crippen molar-refractivity contribution in [3.63, 3.8) is 0 Å². The van der Waals surface area contributed by atoms with E-state index < -0.39 is 0 Å². The number of pyridine rings is 1. The lowest BCUT2D eigenvalue weighted by Gasteiger charge is -2.36. The van der Waals surface area contributed by atoms with E-state index in [4.69, 9.17) is 0 Å². The zero-order valence-electron chi connectivity index (χ0n) is 12.2. The maximum Gasteiger partial charge on any atom is 0.176 e. The van der Waals surface area contributed by atoms with Crippen molar-refractivity contribution in [3.8, 4) is 5.82 Å². The molecule has 2 aromatic heterocycles. The molecule has 0 aromatic carbocycles. The fourth-order valence-electron chi connectivity index (χ4n) is 3.09. The van der Waals surface area contributed by atoms with Gasteiger partial charge in [0.1, 0.15) is 0 Å². The lowest BCUT2D eigenvalue weighted by molar-refractivity contribution is 0.0944. The van der Waals surface area contributed by atoms with Crippen LogP contribution in [0.15, 0.2) is 36.8 Å². The van der Waals surface area contributed by atoms with Crippen molar-refractivity contribution < 1.29 is 5.11 Å². The van der Waals surface area contributed by atoms with E-state index in [-0.39, 0.29) is 12.0 Å². The average Bonchev–Trinajstić information content (AvgIpc) is 3.08. The van der Waals surface area contributed by atoms with E-state index in [0.29, 0.717) is 0 Å². The Morgan fingerprint density at radius 2 is 2.05 bits per heavy atom. The van der Waals surface area contributed by atoms with Gasteiger partial charge in [0.2, 0.25) is 0 Å². The normalized spacial score (nSPS) is 17.6. The monoisotopic (exact) mass is 286 g/mol. The van der Waals surface area contributed by atoms with Crippen LogP contribution in [0.25, 0.3) is 5.82 Å². The minimum absolute atomic E-state index is 0.00940. The highest BCUT2D eigenvalue weighted by Crippen LogP contribution is 2.36. The van der Waals surface area contributed by atoms with Crippen molar-refractivity contribution in [2.24, 2.45) is 5.41 Å². The van der Waals surface area contributed by atoms with Crippen molar-refractivity contribution in [1.29, 1.82) is 0 Å². The molecule has 21 heavy (non-hydrogen) atoms. The summed E-state index contributed by atoms with van der Waals surface area (Å²) in [5.74, 6) is 0.798. The van der Waals surface area contributed by atoms with E-state index in [9.17, 15) is 5.11 Å². The van der Waals surface area contributed by atoms with Gasteiger partial charge in [-0.1, -0.05) is 19.3 Å². The summed E-state index contributed by atoms with van der Waals surface area (Å²) in [6.07, 6.45) is 11.3. The Morgan fingerprint density at radius 3 is 2.76 bits per heavy atom.